The average Bonchev–Trinajstić information content (AvgIpc) is 2.82. The highest BCUT2D eigenvalue weighted by Crippen LogP contribution is 2.24. The van der Waals surface area contributed by atoms with Gasteiger partial charge in [0.25, 0.3) is 0 Å². The first-order chi connectivity index (χ1) is 8.61. The summed E-state index contributed by atoms with van der Waals surface area (Å²) >= 11 is 7.06. The van der Waals surface area contributed by atoms with E-state index in [0.717, 1.165) is 22.6 Å². The van der Waals surface area contributed by atoms with E-state index in [1.807, 2.05) is 6.92 Å². The van der Waals surface area contributed by atoms with Crippen LogP contribution in [0, 0.1) is 5.82 Å². The molecule has 0 fully saturated rings. The van der Waals surface area contributed by atoms with Gasteiger partial charge >= 0.3 is 0 Å². The van der Waals surface area contributed by atoms with Crippen molar-refractivity contribution in [2.45, 2.75) is 25.8 Å². The molecule has 0 radical (unpaired) electrons. The van der Waals surface area contributed by atoms with Gasteiger partial charge in [-0.3, -0.25) is 0 Å². The summed E-state index contributed by atoms with van der Waals surface area (Å²) in [5.41, 5.74) is 7.97. The Morgan fingerprint density at radius 1 is 1.50 bits per heavy atom. The number of hydrogen-bond donors (Lipinski definition) is 1. The Morgan fingerprint density at radius 3 is 2.94 bits per heavy atom. The zero-order valence-corrected chi connectivity index (χ0v) is 11.4. The van der Waals surface area contributed by atoms with Crippen LogP contribution in [0.15, 0.2) is 18.2 Å². The van der Waals surface area contributed by atoms with Crippen molar-refractivity contribution in [1.82, 2.24) is 9.59 Å². The molecule has 6 heteroatoms. The summed E-state index contributed by atoms with van der Waals surface area (Å²) in [6.07, 6.45) is 1.40. The normalized spacial score (nSPS) is 12.7. The monoisotopic (exact) mass is 285 g/mol. The fraction of sp³-hybridized carbons (Fsp3) is 0.333. The molecule has 1 heterocycles. The largest absolute Gasteiger partial charge is 0.323 e. The third-order valence-corrected chi connectivity index (χ3v) is 3.88. The molecule has 96 valence electrons. The molecular weight excluding hydrogens is 273 g/mol. The minimum absolute atomic E-state index is 0.123. The lowest BCUT2D eigenvalue weighted by atomic mass is 10.0. The Morgan fingerprint density at radius 2 is 2.28 bits per heavy atom. The topological polar surface area (TPSA) is 51.8 Å². The first-order valence-electron chi connectivity index (χ1n) is 5.62. The van der Waals surface area contributed by atoms with Crippen LogP contribution in [0.3, 0.4) is 0 Å². The fourth-order valence-electron chi connectivity index (χ4n) is 1.76. The van der Waals surface area contributed by atoms with E-state index in [-0.39, 0.29) is 11.1 Å². The summed E-state index contributed by atoms with van der Waals surface area (Å²) < 4.78 is 17.0. The summed E-state index contributed by atoms with van der Waals surface area (Å²) in [6, 6.07) is 4.48. The van der Waals surface area contributed by atoms with E-state index >= 15 is 0 Å². The van der Waals surface area contributed by atoms with Gasteiger partial charge in [0.2, 0.25) is 0 Å². The lowest BCUT2D eigenvalue weighted by molar-refractivity contribution is 0.626. The molecule has 2 aromatic rings. The maximum atomic E-state index is 13.0. The van der Waals surface area contributed by atoms with Crippen molar-refractivity contribution in [3.05, 3.63) is 45.2 Å². The standard InChI is InChI=1S/C12H13ClFN3S/c1-2-11-12(18-17-16-11)10(15)6-7-3-4-9(14)8(13)5-7/h3-5,10H,2,6,15H2,1H3. The summed E-state index contributed by atoms with van der Waals surface area (Å²) in [5.74, 6) is -0.414. The quantitative estimate of drug-likeness (QED) is 0.939. The maximum Gasteiger partial charge on any atom is 0.141 e. The van der Waals surface area contributed by atoms with Gasteiger partial charge < -0.3 is 5.73 Å². The van der Waals surface area contributed by atoms with Gasteiger partial charge in [0.1, 0.15) is 5.82 Å². The molecule has 0 bridgehead atoms. The van der Waals surface area contributed by atoms with Crippen molar-refractivity contribution in [2.75, 3.05) is 0 Å². The zero-order valence-electron chi connectivity index (χ0n) is 9.86. The van der Waals surface area contributed by atoms with Gasteiger partial charge in [0, 0.05) is 6.04 Å². The third-order valence-electron chi connectivity index (χ3n) is 2.70. The number of benzene rings is 1. The van der Waals surface area contributed by atoms with Gasteiger partial charge in [-0.15, -0.1) is 5.10 Å². The lowest BCUT2D eigenvalue weighted by Gasteiger charge is -2.10. The van der Waals surface area contributed by atoms with Crippen LogP contribution in [0.25, 0.3) is 0 Å². The predicted molar refractivity (Wildman–Crippen MR) is 71.3 cm³/mol. The number of nitrogens with zero attached hydrogens (tertiary/aromatic N) is 2. The average molecular weight is 286 g/mol. The molecule has 3 nitrogen and oxygen atoms in total. The number of hydrogen-bond acceptors (Lipinski definition) is 4. The Bertz CT molecular complexity index is 544. The van der Waals surface area contributed by atoms with E-state index in [2.05, 4.69) is 9.59 Å². The summed E-state index contributed by atoms with van der Waals surface area (Å²) in [4.78, 5) is 0.984. The van der Waals surface area contributed by atoms with Gasteiger partial charge in [-0.05, 0) is 42.1 Å². The highest BCUT2D eigenvalue weighted by molar-refractivity contribution is 7.05. The highest BCUT2D eigenvalue weighted by Gasteiger charge is 2.15. The molecule has 0 aliphatic carbocycles. The zero-order chi connectivity index (χ0) is 13.1. The Balaban J connectivity index is 2.16. The van der Waals surface area contributed by atoms with Gasteiger partial charge in [0.15, 0.2) is 0 Å². The summed E-state index contributed by atoms with van der Waals surface area (Å²) in [7, 11) is 0. The van der Waals surface area contributed by atoms with Crippen molar-refractivity contribution in [2.24, 2.45) is 5.73 Å². The molecular formula is C12H13ClFN3S. The van der Waals surface area contributed by atoms with E-state index in [1.165, 1.54) is 17.6 Å². The van der Waals surface area contributed by atoms with E-state index in [0.29, 0.717) is 6.42 Å². The molecule has 0 amide bonds. The molecule has 1 aromatic heterocycles. The molecule has 1 aromatic carbocycles. The van der Waals surface area contributed by atoms with Crippen LogP contribution >= 0.6 is 23.1 Å². The van der Waals surface area contributed by atoms with Gasteiger partial charge in [0.05, 0.1) is 15.6 Å². The van der Waals surface area contributed by atoms with Crippen LogP contribution < -0.4 is 5.73 Å². The van der Waals surface area contributed by atoms with E-state index in [1.54, 1.807) is 12.1 Å². The number of nitrogens with two attached hydrogens (primary N) is 1. The Hall–Kier alpha value is -1.04. The molecule has 0 aliphatic heterocycles. The van der Waals surface area contributed by atoms with Gasteiger partial charge in [-0.1, -0.05) is 29.1 Å². The van der Waals surface area contributed by atoms with E-state index < -0.39 is 5.82 Å². The molecule has 18 heavy (non-hydrogen) atoms. The molecule has 0 aliphatic rings. The predicted octanol–water partition coefficient (Wildman–Crippen LogP) is 3.14. The number of halogens is 2. The number of aromatic nitrogens is 2. The SMILES string of the molecule is CCc1nnsc1C(N)Cc1ccc(F)c(Cl)c1. The third kappa shape index (κ3) is 2.85. The number of aryl methyl sites for hydroxylation is 1. The minimum Gasteiger partial charge on any atom is -0.323 e. The summed E-state index contributed by atoms with van der Waals surface area (Å²) in [5, 5.41) is 4.15. The number of rotatable bonds is 4. The first kappa shape index (κ1) is 13.4. The van der Waals surface area contributed by atoms with Crippen LogP contribution in [0.5, 0.6) is 0 Å². The van der Waals surface area contributed by atoms with Crippen molar-refractivity contribution in [1.29, 1.82) is 0 Å². The molecule has 2 rings (SSSR count). The van der Waals surface area contributed by atoms with Gasteiger partial charge in [-0.2, -0.15) is 0 Å². The Kier molecular flexibility index (Phi) is 4.27. The molecule has 1 atom stereocenters. The smallest absolute Gasteiger partial charge is 0.141 e. The molecule has 0 spiro atoms. The molecule has 0 saturated carbocycles. The van der Waals surface area contributed by atoms with Crippen LogP contribution in [0.1, 0.15) is 29.1 Å². The van der Waals surface area contributed by atoms with E-state index in [4.69, 9.17) is 17.3 Å². The lowest BCUT2D eigenvalue weighted by Crippen LogP contribution is -2.13. The maximum absolute atomic E-state index is 13.0. The van der Waals surface area contributed by atoms with Crippen molar-refractivity contribution in [3.8, 4) is 0 Å². The minimum atomic E-state index is -0.414. The van der Waals surface area contributed by atoms with Crippen LogP contribution in [0.2, 0.25) is 5.02 Å². The van der Waals surface area contributed by atoms with Crippen LogP contribution in [-0.2, 0) is 12.8 Å². The van der Waals surface area contributed by atoms with E-state index in [9.17, 15) is 4.39 Å². The summed E-state index contributed by atoms with van der Waals surface area (Å²) in [6.45, 7) is 2.02. The van der Waals surface area contributed by atoms with Crippen LogP contribution in [0.4, 0.5) is 4.39 Å². The second kappa shape index (κ2) is 5.73. The van der Waals surface area contributed by atoms with Crippen LogP contribution in [-0.4, -0.2) is 9.59 Å². The first-order valence-corrected chi connectivity index (χ1v) is 6.77. The van der Waals surface area contributed by atoms with Gasteiger partial charge in [-0.25, -0.2) is 4.39 Å². The van der Waals surface area contributed by atoms with Crippen molar-refractivity contribution < 1.29 is 4.39 Å². The fourth-order valence-corrected chi connectivity index (χ4v) is 2.70. The molecule has 1 unspecified atom stereocenters. The second-order valence-corrected chi connectivity index (χ2v) is 5.19. The Labute approximate surface area is 114 Å². The molecule has 0 saturated heterocycles. The van der Waals surface area contributed by atoms with Crippen molar-refractivity contribution >= 4 is 23.1 Å². The second-order valence-electron chi connectivity index (χ2n) is 4.00. The molecule has 2 N–H and O–H groups in total. The highest BCUT2D eigenvalue weighted by atomic mass is 35.5. The van der Waals surface area contributed by atoms with Crippen molar-refractivity contribution in [3.63, 3.8) is 0 Å².